The van der Waals surface area contributed by atoms with Crippen LogP contribution in [0.4, 0.5) is 8.78 Å². The number of aryl methyl sites for hydroxylation is 1. The molecule has 0 spiro atoms. The predicted octanol–water partition coefficient (Wildman–Crippen LogP) is 2.84. The van der Waals surface area contributed by atoms with E-state index in [9.17, 15) is 13.6 Å². The van der Waals surface area contributed by atoms with E-state index in [4.69, 9.17) is 14.2 Å². The summed E-state index contributed by atoms with van der Waals surface area (Å²) < 4.78 is 43.2. The lowest BCUT2D eigenvalue weighted by atomic mass is 9.95. The van der Waals surface area contributed by atoms with Crippen molar-refractivity contribution in [2.45, 2.75) is 64.2 Å². The lowest BCUT2D eigenvalue weighted by molar-refractivity contribution is -0.120. The Hall–Kier alpha value is -2.49. The van der Waals surface area contributed by atoms with Crippen LogP contribution in [0.1, 0.15) is 39.5 Å². The minimum Gasteiger partial charge on any atom is -0.474 e. The lowest BCUT2D eigenvalue weighted by Crippen LogP contribution is -2.36. The monoisotopic (exact) mass is 426 g/mol. The van der Waals surface area contributed by atoms with Crippen LogP contribution in [-0.4, -0.2) is 58.3 Å². The highest BCUT2D eigenvalue weighted by molar-refractivity contribution is 5.73. The number of carbonyl (C=O) groups is 1. The summed E-state index contributed by atoms with van der Waals surface area (Å²) in [5.74, 6) is 0.406. The zero-order valence-electron chi connectivity index (χ0n) is 17.4. The van der Waals surface area contributed by atoms with Gasteiger partial charge in [0.1, 0.15) is 11.6 Å². The molecule has 1 aliphatic carbocycles. The Morgan fingerprint density at radius 1 is 1.20 bits per heavy atom. The number of fused-ring (bicyclic) bond motifs is 1. The maximum Gasteiger partial charge on any atom is 0.298 e. The normalized spacial score (nSPS) is 20.3. The number of pyridine rings is 1. The summed E-state index contributed by atoms with van der Waals surface area (Å²) in [6.45, 7) is 3.19. The maximum atomic E-state index is 12.4. The fourth-order valence-electron chi connectivity index (χ4n) is 3.52. The van der Waals surface area contributed by atoms with Gasteiger partial charge in [-0.3, -0.25) is 9.36 Å². The molecule has 30 heavy (non-hydrogen) atoms. The molecule has 1 N–H and O–H groups in total. The van der Waals surface area contributed by atoms with Crippen molar-refractivity contribution in [1.29, 1.82) is 0 Å². The summed E-state index contributed by atoms with van der Waals surface area (Å²) in [5, 5.41) is 2.81. The number of amides is 1. The van der Waals surface area contributed by atoms with Crippen LogP contribution in [0.5, 0.6) is 11.9 Å². The third-order valence-electron chi connectivity index (χ3n) is 4.93. The highest BCUT2D eigenvalue weighted by Crippen LogP contribution is 2.27. The minimum absolute atomic E-state index is 0.0131. The van der Waals surface area contributed by atoms with Crippen LogP contribution in [0.15, 0.2) is 12.1 Å². The SMILES string of the molecule is CC(=O)N[C@@H](C)COC1CCC(Oc2ccc3nc(OCC(F)F)n(C)c3n2)CC1. The number of rotatable bonds is 9. The van der Waals surface area contributed by atoms with Gasteiger partial charge in [0.05, 0.1) is 12.7 Å². The van der Waals surface area contributed by atoms with E-state index in [1.807, 2.05) is 6.92 Å². The van der Waals surface area contributed by atoms with E-state index < -0.39 is 13.0 Å². The van der Waals surface area contributed by atoms with E-state index in [1.54, 1.807) is 19.2 Å². The molecule has 2 aromatic heterocycles. The van der Waals surface area contributed by atoms with Crippen LogP contribution in [0.2, 0.25) is 0 Å². The first-order valence-corrected chi connectivity index (χ1v) is 10.1. The first-order chi connectivity index (χ1) is 14.3. The highest BCUT2D eigenvalue weighted by atomic mass is 19.3. The standard InChI is InChI=1S/C20H28F2N4O4/c1-12(23-13(2)27)10-28-14-4-6-15(7-5-14)30-18-9-8-16-19(25-18)26(3)20(24-16)29-11-17(21)22/h8-9,12,14-15,17H,4-7,10-11H2,1-3H3,(H,23,27)/t12-,14?,15?/m0/s1. The number of imidazole rings is 1. The first-order valence-electron chi connectivity index (χ1n) is 10.1. The maximum absolute atomic E-state index is 12.4. The second-order valence-electron chi connectivity index (χ2n) is 7.60. The Labute approximate surface area is 173 Å². The fourth-order valence-corrected chi connectivity index (χ4v) is 3.52. The van der Waals surface area contributed by atoms with Crippen molar-refractivity contribution < 1.29 is 27.8 Å². The van der Waals surface area contributed by atoms with E-state index in [0.29, 0.717) is 23.7 Å². The van der Waals surface area contributed by atoms with Gasteiger partial charge in [-0.15, -0.1) is 0 Å². The molecule has 166 valence electrons. The molecule has 1 atom stereocenters. The molecule has 2 heterocycles. The Morgan fingerprint density at radius 2 is 1.90 bits per heavy atom. The molecule has 3 rings (SSSR count). The smallest absolute Gasteiger partial charge is 0.298 e. The van der Waals surface area contributed by atoms with E-state index in [-0.39, 0.29) is 30.2 Å². The van der Waals surface area contributed by atoms with E-state index >= 15 is 0 Å². The number of hydrogen-bond donors (Lipinski definition) is 1. The summed E-state index contributed by atoms with van der Waals surface area (Å²) >= 11 is 0. The number of ether oxygens (including phenoxy) is 3. The molecule has 1 aliphatic rings. The molecule has 8 nitrogen and oxygen atoms in total. The van der Waals surface area contributed by atoms with Crippen LogP contribution in [0.3, 0.4) is 0 Å². The number of hydrogen-bond acceptors (Lipinski definition) is 6. The van der Waals surface area contributed by atoms with Gasteiger partial charge >= 0.3 is 0 Å². The van der Waals surface area contributed by atoms with Crippen LogP contribution in [-0.2, 0) is 16.6 Å². The Morgan fingerprint density at radius 3 is 2.57 bits per heavy atom. The van der Waals surface area contributed by atoms with Crippen LogP contribution < -0.4 is 14.8 Å². The van der Waals surface area contributed by atoms with Crippen molar-refractivity contribution in [3.8, 4) is 11.9 Å². The molecule has 0 radical (unpaired) electrons. The van der Waals surface area contributed by atoms with Crippen molar-refractivity contribution in [2.24, 2.45) is 7.05 Å². The largest absolute Gasteiger partial charge is 0.474 e. The Bertz CT molecular complexity index is 853. The summed E-state index contributed by atoms with van der Waals surface area (Å²) in [6.07, 6.45) is 1.05. The molecule has 1 fully saturated rings. The van der Waals surface area contributed by atoms with E-state index in [0.717, 1.165) is 25.7 Å². The number of halogens is 2. The minimum atomic E-state index is -2.57. The molecule has 2 aromatic rings. The molecule has 0 aliphatic heterocycles. The quantitative estimate of drug-likeness (QED) is 0.664. The van der Waals surface area contributed by atoms with Crippen LogP contribution >= 0.6 is 0 Å². The molecule has 0 unspecified atom stereocenters. The summed E-state index contributed by atoms with van der Waals surface area (Å²) in [4.78, 5) is 19.7. The fraction of sp³-hybridized carbons (Fsp3) is 0.650. The second-order valence-corrected chi connectivity index (χ2v) is 7.60. The summed E-state index contributed by atoms with van der Waals surface area (Å²) in [6, 6.07) is 3.55. The van der Waals surface area contributed by atoms with Gasteiger partial charge in [0.15, 0.2) is 12.3 Å². The van der Waals surface area contributed by atoms with Gasteiger partial charge in [0.2, 0.25) is 11.8 Å². The topological polar surface area (TPSA) is 87.5 Å². The predicted molar refractivity (Wildman–Crippen MR) is 106 cm³/mol. The Kier molecular flexibility index (Phi) is 7.41. The third-order valence-corrected chi connectivity index (χ3v) is 4.93. The van der Waals surface area contributed by atoms with Crippen molar-refractivity contribution in [3.63, 3.8) is 0 Å². The average Bonchev–Trinajstić information content (AvgIpc) is 3.01. The molecule has 10 heteroatoms. The highest BCUT2D eigenvalue weighted by Gasteiger charge is 2.24. The van der Waals surface area contributed by atoms with Crippen molar-refractivity contribution >= 4 is 17.1 Å². The zero-order chi connectivity index (χ0) is 21.7. The first kappa shape index (κ1) is 22.2. The van der Waals surface area contributed by atoms with Gasteiger partial charge < -0.3 is 19.5 Å². The molecule has 0 saturated heterocycles. The van der Waals surface area contributed by atoms with Crippen molar-refractivity contribution in [3.05, 3.63) is 12.1 Å². The van der Waals surface area contributed by atoms with Crippen LogP contribution in [0, 0.1) is 0 Å². The van der Waals surface area contributed by atoms with Gasteiger partial charge in [-0.25, -0.2) is 8.78 Å². The Balaban J connectivity index is 1.51. The van der Waals surface area contributed by atoms with Crippen molar-refractivity contribution in [2.75, 3.05) is 13.2 Å². The number of carbonyl (C=O) groups excluding carboxylic acids is 1. The lowest BCUT2D eigenvalue weighted by Gasteiger charge is -2.29. The summed E-state index contributed by atoms with van der Waals surface area (Å²) in [5.41, 5.74) is 1.07. The average molecular weight is 426 g/mol. The van der Waals surface area contributed by atoms with Gasteiger partial charge in [0.25, 0.3) is 12.4 Å². The number of alkyl halides is 2. The van der Waals surface area contributed by atoms with Gasteiger partial charge in [-0.1, -0.05) is 0 Å². The number of nitrogens with one attached hydrogen (secondary N) is 1. The van der Waals surface area contributed by atoms with E-state index in [1.165, 1.54) is 11.5 Å². The molecular formula is C20H28F2N4O4. The third kappa shape index (κ3) is 6.01. The number of aromatic nitrogens is 3. The van der Waals surface area contributed by atoms with E-state index in [2.05, 4.69) is 15.3 Å². The molecule has 1 saturated carbocycles. The van der Waals surface area contributed by atoms with Crippen molar-refractivity contribution in [1.82, 2.24) is 19.9 Å². The molecule has 1 amide bonds. The number of nitrogens with zero attached hydrogens (tertiary/aromatic N) is 3. The van der Waals surface area contributed by atoms with Crippen LogP contribution in [0.25, 0.3) is 11.2 Å². The van der Waals surface area contributed by atoms with Gasteiger partial charge in [-0.2, -0.15) is 9.97 Å². The molecule has 0 bridgehead atoms. The molecular weight excluding hydrogens is 398 g/mol. The molecule has 0 aromatic carbocycles. The second kappa shape index (κ2) is 10.0. The summed E-state index contributed by atoms with van der Waals surface area (Å²) in [7, 11) is 1.66. The van der Waals surface area contributed by atoms with Gasteiger partial charge in [-0.05, 0) is 38.7 Å². The zero-order valence-corrected chi connectivity index (χ0v) is 17.4. The van der Waals surface area contributed by atoms with Gasteiger partial charge in [0, 0.05) is 26.1 Å².